The molecule has 5 nitrogen and oxygen atoms in total. The van der Waals surface area contributed by atoms with Crippen LogP contribution in [0, 0.1) is 11.6 Å². The number of hydrogen-bond donors (Lipinski definition) is 1. The molecule has 24 heavy (non-hydrogen) atoms. The fourth-order valence-electron chi connectivity index (χ4n) is 2.77. The number of fused-ring (bicyclic) bond motifs is 1. The highest BCUT2D eigenvalue weighted by Gasteiger charge is 2.38. The van der Waals surface area contributed by atoms with Gasteiger partial charge in [0, 0.05) is 6.54 Å². The summed E-state index contributed by atoms with van der Waals surface area (Å²) < 4.78 is 53.0. The lowest BCUT2D eigenvalue weighted by atomic mass is 9.96. The van der Waals surface area contributed by atoms with Crippen LogP contribution in [-0.4, -0.2) is 24.7 Å². The zero-order valence-electron chi connectivity index (χ0n) is 12.4. The normalized spacial score (nSPS) is 18.2. The summed E-state index contributed by atoms with van der Waals surface area (Å²) >= 11 is 0. The minimum atomic E-state index is -4.21. The Labute approximate surface area is 137 Å². The molecule has 2 aromatic rings. The maximum atomic E-state index is 13.4. The Morgan fingerprint density at radius 3 is 2.38 bits per heavy atom. The average molecular weight is 352 g/mol. The van der Waals surface area contributed by atoms with Crippen LogP contribution in [0.15, 0.2) is 47.4 Å². The summed E-state index contributed by atoms with van der Waals surface area (Å²) in [5.74, 6) is -3.22. The summed E-state index contributed by atoms with van der Waals surface area (Å²) in [5.41, 5.74) is 6.93. The van der Waals surface area contributed by atoms with Crippen LogP contribution in [0.5, 0.6) is 0 Å². The van der Waals surface area contributed by atoms with Crippen molar-refractivity contribution in [1.82, 2.24) is 4.31 Å². The van der Waals surface area contributed by atoms with Gasteiger partial charge in [0.05, 0.1) is 4.90 Å². The first-order valence-electron chi connectivity index (χ1n) is 7.13. The van der Waals surface area contributed by atoms with Crippen LogP contribution in [0.25, 0.3) is 0 Å². The second-order valence-corrected chi connectivity index (χ2v) is 7.41. The lowest BCUT2D eigenvalue weighted by Gasteiger charge is -2.34. The Balaban J connectivity index is 2.07. The van der Waals surface area contributed by atoms with Crippen molar-refractivity contribution >= 4 is 15.9 Å². The van der Waals surface area contributed by atoms with E-state index in [9.17, 15) is 22.0 Å². The number of halogens is 2. The van der Waals surface area contributed by atoms with Crippen molar-refractivity contribution < 1.29 is 22.0 Å². The minimum Gasteiger partial charge on any atom is -0.368 e. The second kappa shape index (κ2) is 5.95. The Morgan fingerprint density at radius 1 is 1.08 bits per heavy atom. The predicted molar refractivity (Wildman–Crippen MR) is 82.2 cm³/mol. The Hall–Kier alpha value is -2.32. The van der Waals surface area contributed by atoms with Gasteiger partial charge in [0.15, 0.2) is 11.6 Å². The molecule has 0 saturated carbocycles. The Bertz CT molecular complexity index is 915. The molecule has 8 heteroatoms. The summed E-state index contributed by atoms with van der Waals surface area (Å²) in [4.78, 5) is 11.3. The zero-order chi connectivity index (χ0) is 17.5. The number of nitrogens with two attached hydrogens (primary N) is 1. The number of sulfonamides is 1. The minimum absolute atomic E-state index is 0.0644. The van der Waals surface area contributed by atoms with Gasteiger partial charge in [0.1, 0.15) is 6.04 Å². The molecular weight excluding hydrogens is 338 g/mol. The number of carbonyl (C=O) groups excluding carboxylic acids is 1. The molecule has 0 spiro atoms. The van der Waals surface area contributed by atoms with Crippen LogP contribution < -0.4 is 5.73 Å². The van der Waals surface area contributed by atoms with Gasteiger partial charge >= 0.3 is 0 Å². The molecule has 0 radical (unpaired) electrons. The van der Waals surface area contributed by atoms with Gasteiger partial charge in [-0.15, -0.1) is 0 Å². The van der Waals surface area contributed by atoms with E-state index in [4.69, 9.17) is 5.73 Å². The van der Waals surface area contributed by atoms with Crippen LogP contribution in [-0.2, 0) is 27.8 Å². The first-order chi connectivity index (χ1) is 11.3. The molecule has 1 aliphatic heterocycles. The Kier molecular flexibility index (Phi) is 4.10. The van der Waals surface area contributed by atoms with Gasteiger partial charge in [-0.25, -0.2) is 17.2 Å². The lowest BCUT2D eigenvalue weighted by Crippen LogP contribution is -2.51. The number of carbonyl (C=O) groups is 1. The molecule has 0 aromatic heterocycles. The molecule has 2 N–H and O–H groups in total. The Morgan fingerprint density at radius 2 is 1.75 bits per heavy atom. The number of rotatable bonds is 3. The van der Waals surface area contributed by atoms with Gasteiger partial charge < -0.3 is 5.73 Å². The fourth-order valence-corrected chi connectivity index (χ4v) is 4.35. The van der Waals surface area contributed by atoms with Crippen molar-refractivity contribution in [2.24, 2.45) is 5.73 Å². The third-order valence-corrected chi connectivity index (χ3v) is 5.88. The molecule has 126 valence electrons. The number of amides is 1. The van der Waals surface area contributed by atoms with Crippen LogP contribution in [0.2, 0.25) is 0 Å². The van der Waals surface area contributed by atoms with E-state index in [1.807, 2.05) is 0 Å². The zero-order valence-corrected chi connectivity index (χ0v) is 13.3. The molecule has 1 aliphatic rings. The van der Waals surface area contributed by atoms with Gasteiger partial charge in [-0.3, -0.25) is 4.79 Å². The quantitative estimate of drug-likeness (QED) is 0.910. The molecule has 0 saturated heterocycles. The molecule has 1 atom stereocenters. The van der Waals surface area contributed by atoms with Crippen LogP contribution in [0.4, 0.5) is 8.78 Å². The standard InChI is InChI=1S/C16H14F2N2O3S/c17-13-6-5-12(8-14(13)18)24(22,23)20-9-11-4-2-1-3-10(11)7-15(20)16(19)21/h1-6,8,15H,7,9H2,(H2,19,21)/t15-/m0/s1. The number of benzene rings is 2. The molecule has 3 rings (SSSR count). The van der Waals surface area contributed by atoms with Crippen molar-refractivity contribution in [3.63, 3.8) is 0 Å². The van der Waals surface area contributed by atoms with Crippen molar-refractivity contribution in [3.8, 4) is 0 Å². The fraction of sp³-hybridized carbons (Fsp3) is 0.188. The average Bonchev–Trinajstić information content (AvgIpc) is 2.56. The number of primary amides is 1. The van der Waals surface area contributed by atoms with Crippen LogP contribution >= 0.6 is 0 Å². The van der Waals surface area contributed by atoms with E-state index in [0.717, 1.165) is 27.6 Å². The molecule has 0 unspecified atom stereocenters. The molecular formula is C16H14F2N2O3S. The maximum Gasteiger partial charge on any atom is 0.244 e. The van der Waals surface area contributed by atoms with Gasteiger partial charge in [-0.2, -0.15) is 4.31 Å². The molecule has 2 aromatic carbocycles. The molecule has 0 fully saturated rings. The van der Waals surface area contributed by atoms with E-state index in [2.05, 4.69) is 0 Å². The van der Waals surface area contributed by atoms with Crippen molar-refractivity contribution in [2.45, 2.75) is 23.9 Å². The van der Waals surface area contributed by atoms with E-state index < -0.39 is 38.5 Å². The SMILES string of the molecule is NC(=O)[C@@H]1Cc2ccccc2CN1S(=O)(=O)c1ccc(F)c(F)c1. The van der Waals surface area contributed by atoms with Crippen LogP contribution in [0.1, 0.15) is 11.1 Å². The molecule has 0 aliphatic carbocycles. The van der Waals surface area contributed by atoms with E-state index >= 15 is 0 Å². The topological polar surface area (TPSA) is 80.5 Å². The predicted octanol–water partition coefficient (Wildman–Crippen LogP) is 1.57. The van der Waals surface area contributed by atoms with Crippen molar-refractivity contribution in [2.75, 3.05) is 0 Å². The van der Waals surface area contributed by atoms with Crippen molar-refractivity contribution in [1.29, 1.82) is 0 Å². The third kappa shape index (κ3) is 2.78. The molecule has 1 amide bonds. The van der Waals surface area contributed by atoms with E-state index in [1.165, 1.54) is 0 Å². The largest absolute Gasteiger partial charge is 0.368 e. The lowest BCUT2D eigenvalue weighted by molar-refractivity contribution is -0.122. The van der Waals surface area contributed by atoms with Crippen LogP contribution in [0.3, 0.4) is 0 Å². The summed E-state index contributed by atoms with van der Waals surface area (Å²) in [6.45, 7) is -0.0644. The van der Waals surface area contributed by atoms with E-state index in [-0.39, 0.29) is 13.0 Å². The van der Waals surface area contributed by atoms with Gasteiger partial charge in [0.2, 0.25) is 15.9 Å². The van der Waals surface area contributed by atoms with Gasteiger partial charge in [-0.1, -0.05) is 24.3 Å². The number of hydrogen-bond acceptors (Lipinski definition) is 3. The highest BCUT2D eigenvalue weighted by Crippen LogP contribution is 2.29. The van der Waals surface area contributed by atoms with E-state index in [0.29, 0.717) is 6.07 Å². The molecule has 0 bridgehead atoms. The summed E-state index contributed by atoms with van der Waals surface area (Å²) in [5, 5.41) is 0. The smallest absolute Gasteiger partial charge is 0.244 e. The summed E-state index contributed by atoms with van der Waals surface area (Å²) in [7, 11) is -4.21. The second-order valence-electron chi connectivity index (χ2n) is 5.52. The first-order valence-corrected chi connectivity index (χ1v) is 8.57. The van der Waals surface area contributed by atoms with Gasteiger partial charge in [0.25, 0.3) is 0 Å². The van der Waals surface area contributed by atoms with Crippen molar-refractivity contribution in [3.05, 3.63) is 65.2 Å². The monoisotopic (exact) mass is 352 g/mol. The highest BCUT2D eigenvalue weighted by atomic mass is 32.2. The number of nitrogens with zero attached hydrogens (tertiary/aromatic N) is 1. The molecule has 1 heterocycles. The maximum absolute atomic E-state index is 13.4. The highest BCUT2D eigenvalue weighted by molar-refractivity contribution is 7.89. The van der Waals surface area contributed by atoms with Gasteiger partial charge in [-0.05, 0) is 35.7 Å². The summed E-state index contributed by atoms with van der Waals surface area (Å²) in [6, 6.07) is 8.31. The first kappa shape index (κ1) is 16.5. The van der Waals surface area contributed by atoms with E-state index in [1.54, 1.807) is 24.3 Å². The third-order valence-electron chi connectivity index (χ3n) is 4.03. The summed E-state index contributed by atoms with van der Waals surface area (Å²) in [6.07, 6.45) is 0.133.